The summed E-state index contributed by atoms with van der Waals surface area (Å²) in [5, 5.41) is 4.46. The molecule has 0 bridgehead atoms. The summed E-state index contributed by atoms with van der Waals surface area (Å²) in [5.74, 6) is -2.23. The van der Waals surface area contributed by atoms with Gasteiger partial charge in [-0.2, -0.15) is 0 Å². The van der Waals surface area contributed by atoms with Crippen LogP contribution in [0.2, 0.25) is 0 Å². The molecule has 0 aliphatic carbocycles. The summed E-state index contributed by atoms with van der Waals surface area (Å²) in [6.07, 6.45) is 0. The molecule has 0 atom stereocenters. The average Bonchev–Trinajstić information content (AvgIpc) is 2.05. The minimum Gasteiger partial charge on any atom is -0.204 e. The van der Waals surface area contributed by atoms with Gasteiger partial charge in [-0.05, 0) is 10.4 Å². The topological polar surface area (TPSA) is 58.9 Å². The Kier molecular flexibility index (Phi) is 2.18. The Bertz CT molecular complexity index is 311. The van der Waals surface area contributed by atoms with Crippen molar-refractivity contribution in [1.29, 1.82) is 0 Å². The molecule has 0 aromatic heterocycles. The van der Waals surface area contributed by atoms with Crippen molar-refractivity contribution in [3.63, 3.8) is 0 Å². The molecule has 0 aliphatic rings. The predicted octanol–water partition coefficient (Wildman–Crippen LogP) is 2.76. The van der Waals surface area contributed by atoms with E-state index in [2.05, 4.69) is 10.4 Å². The van der Waals surface area contributed by atoms with Crippen LogP contribution >= 0.6 is 0 Å². The normalized spacial score (nSPS) is 9.50. The van der Waals surface area contributed by atoms with E-state index in [0.717, 1.165) is 0 Å². The Labute approximate surface area is 65.2 Å². The first-order valence-corrected chi connectivity index (χ1v) is 2.85. The number of nitrogens with zero attached hydrogens (tertiary/aromatic N) is 2. The molecular weight excluding hydrogens is 170 g/mol. The number of hydrogen-bond donors (Lipinski definition) is 0. The lowest BCUT2D eigenvalue weighted by Gasteiger charge is -1.94. The van der Waals surface area contributed by atoms with Crippen LogP contribution in [0.15, 0.2) is 22.5 Å². The van der Waals surface area contributed by atoms with Crippen molar-refractivity contribution in [2.75, 3.05) is 0 Å². The van der Waals surface area contributed by atoms with Crippen LogP contribution in [0, 0.1) is 21.4 Å². The molecule has 1 aromatic rings. The van der Waals surface area contributed by atoms with Crippen LogP contribution in [0.1, 0.15) is 0 Å². The highest BCUT2D eigenvalue weighted by Gasteiger charge is 2.10. The van der Waals surface area contributed by atoms with Crippen LogP contribution in [-0.4, -0.2) is 0 Å². The number of benzene rings is 1. The highest BCUT2D eigenvalue weighted by molar-refractivity contribution is 5.51. The van der Waals surface area contributed by atoms with Crippen molar-refractivity contribution < 1.29 is 8.78 Å². The summed E-state index contributed by atoms with van der Waals surface area (Å²) in [7, 11) is 0. The van der Waals surface area contributed by atoms with E-state index in [0.29, 0.717) is 12.1 Å². The second-order valence-electron chi connectivity index (χ2n) is 1.94. The molecule has 0 amide bonds. The minimum absolute atomic E-state index is 0.382. The lowest BCUT2D eigenvalue weighted by atomic mass is 10.2. The Morgan fingerprint density at radius 3 is 1.67 bits per heavy atom. The molecule has 62 valence electrons. The van der Waals surface area contributed by atoms with Gasteiger partial charge in [-0.1, -0.05) is 0 Å². The molecule has 6 heteroatoms. The molecule has 4 nitrogen and oxygen atoms in total. The summed E-state index contributed by atoms with van der Waals surface area (Å²) in [6.45, 7) is 0. The molecule has 0 unspecified atom stereocenters. The zero-order valence-corrected chi connectivity index (χ0v) is 5.62. The summed E-state index contributed by atoms with van der Waals surface area (Å²) in [5.41, 5.74) is -1.27. The van der Waals surface area contributed by atoms with Crippen molar-refractivity contribution >= 4 is 11.4 Å². The molecule has 0 fully saturated rings. The largest absolute Gasteiger partial charge is 0.204 e. The van der Waals surface area contributed by atoms with Gasteiger partial charge in [0.05, 0.1) is 0 Å². The molecular formula is C6H2F2N2O2. The van der Waals surface area contributed by atoms with Gasteiger partial charge in [0.2, 0.25) is 0 Å². The van der Waals surface area contributed by atoms with Crippen molar-refractivity contribution in [3.05, 3.63) is 33.6 Å². The molecule has 0 N–H and O–H groups in total. The van der Waals surface area contributed by atoms with Gasteiger partial charge in [-0.15, -0.1) is 9.81 Å². The van der Waals surface area contributed by atoms with Crippen LogP contribution in [-0.2, 0) is 0 Å². The van der Waals surface area contributed by atoms with E-state index in [1.54, 1.807) is 0 Å². The van der Waals surface area contributed by atoms with Crippen LogP contribution in [0.4, 0.5) is 20.2 Å². The number of hydrogen-bond acceptors (Lipinski definition) is 4. The van der Waals surface area contributed by atoms with Gasteiger partial charge >= 0.3 is 0 Å². The van der Waals surface area contributed by atoms with E-state index >= 15 is 0 Å². The average molecular weight is 172 g/mol. The number of nitroso groups, excluding NO2 is 2. The molecule has 1 aromatic carbocycles. The molecule has 0 saturated carbocycles. The smallest absolute Gasteiger partial charge is 0.155 e. The Morgan fingerprint density at radius 2 is 1.33 bits per heavy atom. The lowest BCUT2D eigenvalue weighted by Crippen LogP contribution is -1.80. The van der Waals surface area contributed by atoms with Crippen molar-refractivity contribution in [2.45, 2.75) is 0 Å². The van der Waals surface area contributed by atoms with Gasteiger partial charge in [0, 0.05) is 12.1 Å². The molecule has 1 rings (SSSR count). The highest BCUT2D eigenvalue weighted by Crippen LogP contribution is 2.26. The molecule has 0 aliphatic heterocycles. The summed E-state index contributed by atoms with van der Waals surface area (Å²) >= 11 is 0. The maximum Gasteiger partial charge on any atom is 0.155 e. The molecule has 0 radical (unpaired) electrons. The van der Waals surface area contributed by atoms with Gasteiger partial charge in [-0.25, -0.2) is 8.78 Å². The van der Waals surface area contributed by atoms with Gasteiger partial charge < -0.3 is 0 Å². The van der Waals surface area contributed by atoms with Crippen molar-refractivity contribution in [3.8, 4) is 0 Å². The van der Waals surface area contributed by atoms with E-state index in [-0.39, 0.29) is 0 Å². The van der Waals surface area contributed by atoms with Crippen molar-refractivity contribution in [1.82, 2.24) is 0 Å². The summed E-state index contributed by atoms with van der Waals surface area (Å²) in [6, 6.07) is 1.03. The van der Waals surface area contributed by atoms with Crippen LogP contribution in [0.25, 0.3) is 0 Å². The number of halogens is 2. The third-order valence-corrected chi connectivity index (χ3v) is 1.21. The molecule has 0 spiro atoms. The zero-order valence-electron chi connectivity index (χ0n) is 5.62. The monoisotopic (exact) mass is 172 g/mol. The first-order valence-electron chi connectivity index (χ1n) is 2.85. The summed E-state index contributed by atoms with van der Waals surface area (Å²) < 4.78 is 25.0. The van der Waals surface area contributed by atoms with E-state index in [1.807, 2.05) is 0 Å². The lowest BCUT2D eigenvalue weighted by molar-refractivity contribution is 0.586. The van der Waals surface area contributed by atoms with Gasteiger partial charge in [-0.3, -0.25) is 0 Å². The molecule has 12 heavy (non-hydrogen) atoms. The van der Waals surface area contributed by atoms with E-state index in [9.17, 15) is 18.6 Å². The fraction of sp³-hybridized carbons (Fsp3) is 0. The van der Waals surface area contributed by atoms with Crippen LogP contribution < -0.4 is 0 Å². The SMILES string of the molecule is O=Nc1cc(N=O)c(F)cc1F. The quantitative estimate of drug-likeness (QED) is 0.644. The Hall–Kier alpha value is -1.72. The summed E-state index contributed by atoms with van der Waals surface area (Å²) in [4.78, 5) is 19.7. The molecule has 0 saturated heterocycles. The second kappa shape index (κ2) is 3.12. The highest BCUT2D eigenvalue weighted by atomic mass is 19.1. The third kappa shape index (κ3) is 1.31. The second-order valence-corrected chi connectivity index (χ2v) is 1.94. The third-order valence-electron chi connectivity index (χ3n) is 1.21. The maximum atomic E-state index is 12.5. The van der Waals surface area contributed by atoms with Crippen LogP contribution in [0.5, 0.6) is 0 Å². The minimum atomic E-state index is -1.12. The first-order chi connectivity index (χ1) is 5.69. The van der Waals surface area contributed by atoms with Crippen molar-refractivity contribution in [2.24, 2.45) is 10.4 Å². The fourth-order valence-electron chi connectivity index (χ4n) is 0.666. The van der Waals surface area contributed by atoms with Crippen LogP contribution in [0.3, 0.4) is 0 Å². The van der Waals surface area contributed by atoms with E-state index in [1.165, 1.54) is 0 Å². The van der Waals surface area contributed by atoms with E-state index < -0.39 is 23.0 Å². The van der Waals surface area contributed by atoms with Gasteiger partial charge in [0.15, 0.2) is 11.6 Å². The first kappa shape index (κ1) is 8.38. The van der Waals surface area contributed by atoms with E-state index in [4.69, 9.17) is 0 Å². The fourth-order valence-corrected chi connectivity index (χ4v) is 0.666. The Morgan fingerprint density at radius 1 is 0.917 bits per heavy atom. The number of rotatable bonds is 2. The molecule has 0 heterocycles. The van der Waals surface area contributed by atoms with Gasteiger partial charge in [0.1, 0.15) is 11.4 Å². The Balaban J connectivity index is 3.36. The van der Waals surface area contributed by atoms with Gasteiger partial charge in [0.25, 0.3) is 0 Å². The standard InChI is InChI=1S/C6H2F2N2O2/c7-3-1-4(8)6(10-12)2-5(3)9-11/h1-2H. The zero-order chi connectivity index (χ0) is 9.14. The predicted molar refractivity (Wildman–Crippen MR) is 37.3 cm³/mol. The maximum absolute atomic E-state index is 12.5.